The monoisotopic (exact) mass is 313 g/mol. The Bertz CT molecular complexity index is 771. The van der Waals surface area contributed by atoms with E-state index in [1.54, 1.807) is 24.3 Å². The molecule has 0 saturated heterocycles. The Balaban J connectivity index is 2.21. The highest BCUT2D eigenvalue weighted by atomic mass is 32.3. The maximum Gasteiger partial charge on any atom is 0.396 e. The zero-order chi connectivity index (χ0) is 14.6. The molecule has 20 heavy (non-hydrogen) atoms. The summed E-state index contributed by atoms with van der Waals surface area (Å²) < 4.78 is 53.2. The molecule has 0 aromatic heterocycles. The van der Waals surface area contributed by atoms with E-state index < -0.39 is 20.3 Å². The Morgan fingerprint density at radius 1 is 0.750 bits per heavy atom. The number of hydrogen-bond acceptors (Lipinski definition) is 5. The van der Waals surface area contributed by atoms with Gasteiger partial charge >= 0.3 is 10.3 Å². The van der Waals surface area contributed by atoms with Gasteiger partial charge in [-0.3, -0.25) is 0 Å². The van der Waals surface area contributed by atoms with Crippen LogP contribution in [0, 0.1) is 0 Å². The van der Waals surface area contributed by atoms with Crippen molar-refractivity contribution >= 4 is 20.3 Å². The second-order valence-electron chi connectivity index (χ2n) is 3.75. The summed E-state index contributed by atoms with van der Waals surface area (Å²) in [5, 5.41) is 0. The zero-order valence-corrected chi connectivity index (χ0v) is 11.8. The van der Waals surface area contributed by atoms with Gasteiger partial charge in [0, 0.05) is 0 Å². The Kier molecular flexibility index (Phi) is 4.07. The molecule has 0 spiro atoms. The predicted molar refractivity (Wildman–Crippen MR) is 72.8 cm³/mol. The van der Waals surface area contributed by atoms with Crippen LogP contribution in [0.3, 0.4) is 0 Å². The summed E-state index contributed by atoms with van der Waals surface area (Å²) in [6.07, 6.45) is 0. The molecule has 6 nitrogen and oxygen atoms in total. The van der Waals surface area contributed by atoms with Crippen LogP contribution in [0.5, 0.6) is 5.75 Å². The van der Waals surface area contributed by atoms with Crippen LogP contribution >= 0.6 is 0 Å². The summed E-state index contributed by atoms with van der Waals surface area (Å²) in [6.45, 7) is 0. The summed E-state index contributed by atoms with van der Waals surface area (Å²) >= 11 is 0. The van der Waals surface area contributed by atoms with Crippen LogP contribution in [-0.2, 0) is 20.3 Å². The highest BCUT2D eigenvalue weighted by Gasteiger charge is 2.24. The third-order valence-electron chi connectivity index (χ3n) is 2.21. The summed E-state index contributed by atoms with van der Waals surface area (Å²) in [5.41, 5.74) is 0. The predicted octanol–water partition coefficient (Wildman–Crippen LogP) is 1.29. The molecule has 0 radical (unpaired) electrons. The first-order valence-electron chi connectivity index (χ1n) is 5.47. The minimum absolute atomic E-state index is 0.0169. The molecule has 0 aliphatic rings. The SMILES string of the molecule is O=S(=O)(NS(=O)(=O)c1ccccc1)Oc1ccccc1. The van der Waals surface area contributed by atoms with Gasteiger partial charge in [-0.25, -0.2) is 8.42 Å². The summed E-state index contributed by atoms with van der Waals surface area (Å²) in [5.74, 6) is 0.0169. The lowest BCUT2D eigenvalue weighted by atomic mass is 10.3. The van der Waals surface area contributed by atoms with Gasteiger partial charge in [0.1, 0.15) is 5.75 Å². The van der Waals surface area contributed by atoms with Crippen LogP contribution in [0.2, 0.25) is 0 Å². The normalized spacial score (nSPS) is 12.0. The molecule has 0 amide bonds. The van der Waals surface area contributed by atoms with Crippen molar-refractivity contribution in [3.63, 3.8) is 0 Å². The van der Waals surface area contributed by atoms with Crippen molar-refractivity contribution in [2.24, 2.45) is 0 Å². The van der Waals surface area contributed by atoms with Crippen molar-refractivity contribution in [1.29, 1.82) is 0 Å². The number of benzene rings is 2. The summed E-state index contributed by atoms with van der Waals surface area (Å²) in [4.78, 5) is -0.166. The van der Waals surface area contributed by atoms with Gasteiger partial charge in [-0.2, -0.15) is 8.42 Å². The van der Waals surface area contributed by atoms with Crippen LogP contribution in [0.4, 0.5) is 0 Å². The Hall–Kier alpha value is -1.90. The Morgan fingerprint density at radius 2 is 1.25 bits per heavy atom. The second-order valence-corrected chi connectivity index (χ2v) is 6.97. The third-order valence-corrected chi connectivity index (χ3v) is 5.21. The fourth-order valence-electron chi connectivity index (χ4n) is 1.40. The maximum absolute atomic E-state index is 11.9. The minimum Gasteiger partial charge on any atom is -0.370 e. The topological polar surface area (TPSA) is 89.5 Å². The number of para-hydroxylation sites is 1. The maximum atomic E-state index is 11.9. The molecule has 0 fully saturated rings. The minimum atomic E-state index is -4.48. The fourth-order valence-corrected chi connectivity index (χ4v) is 3.88. The van der Waals surface area contributed by atoms with Crippen molar-refractivity contribution in [2.45, 2.75) is 4.90 Å². The molecule has 0 saturated carbocycles. The highest BCUT2D eigenvalue weighted by Crippen LogP contribution is 2.13. The van der Waals surface area contributed by atoms with E-state index in [1.807, 2.05) is 0 Å². The first kappa shape index (κ1) is 14.5. The van der Waals surface area contributed by atoms with Crippen molar-refractivity contribution < 1.29 is 21.0 Å². The molecule has 0 aliphatic carbocycles. The van der Waals surface area contributed by atoms with Crippen LogP contribution < -0.4 is 8.31 Å². The van der Waals surface area contributed by atoms with E-state index >= 15 is 0 Å². The van der Waals surface area contributed by atoms with Crippen molar-refractivity contribution in [1.82, 2.24) is 4.13 Å². The van der Waals surface area contributed by atoms with E-state index in [1.165, 1.54) is 40.5 Å². The van der Waals surface area contributed by atoms with E-state index in [4.69, 9.17) is 0 Å². The molecule has 2 aromatic rings. The number of nitrogens with one attached hydrogen (secondary N) is 1. The molecular formula is C12H11NO5S2. The molecule has 0 bridgehead atoms. The number of sulfonamides is 1. The average Bonchev–Trinajstić information content (AvgIpc) is 2.39. The van der Waals surface area contributed by atoms with E-state index in [9.17, 15) is 16.8 Å². The van der Waals surface area contributed by atoms with Crippen molar-refractivity contribution in [3.8, 4) is 5.75 Å². The lowest BCUT2D eigenvalue weighted by molar-refractivity contribution is 0.480. The van der Waals surface area contributed by atoms with Gasteiger partial charge in [-0.1, -0.05) is 40.5 Å². The van der Waals surface area contributed by atoms with E-state index in [2.05, 4.69) is 4.18 Å². The molecule has 8 heteroatoms. The van der Waals surface area contributed by atoms with Crippen LogP contribution in [0.15, 0.2) is 65.6 Å². The second kappa shape index (κ2) is 5.61. The van der Waals surface area contributed by atoms with Crippen LogP contribution in [0.1, 0.15) is 0 Å². The molecule has 0 heterocycles. The van der Waals surface area contributed by atoms with Crippen molar-refractivity contribution in [3.05, 3.63) is 60.7 Å². The molecule has 0 aliphatic heterocycles. The van der Waals surface area contributed by atoms with E-state index in [0.29, 0.717) is 0 Å². The van der Waals surface area contributed by atoms with Gasteiger partial charge in [-0.05, 0) is 24.3 Å². The quantitative estimate of drug-likeness (QED) is 0.898. The largest absolute Gasteiger partial charge is 0.396 e. The first-order chi connectivity index (χ1) is 9.39. The zero-order valence-electron chi connectivity index (χ0n) is 10.1. The summed E-state index contributed by atoms with van der Waals surface area (Å²) in [6, 6.07) is 14.7. The first-order valence-corrected chi connectivity index (χ1v) is 8.36. The average molecular weight is 313 g/mol. The molecule has 1 N–H and O–H groups in total. The number of rotatable bonds is 5. The fraction of sp³-hybridized carbons (Fsp3) is 0. The Morgan fingerprint density at radius 3 is 1.80 bits per heavy atom. The molecular weight excluding hydrogens is 302 g/mol. The Labute approximate surface area is 117 Å². The van der Waals surface area contributed by atoms with Gasteiger partial charge < -0.3 is 4.18 Å². The van der Waals surface area contributed by atoms with Crippen LogP contribution in [0.25, 0.3) is 0 Å². The summed E-state index contributed by atoms with van der Waals surface area (Å²) in [7, 11) is -8.68. The smallest absolute Gasteiger partial charge is 0.370 e. The van der Waals surface area contributed by atoms with Gasteiger partial charge in [0.05, 0.1) is 4.90 Å². The molecule has 0 unspecified atom stereocenters. The molecule has 0 atom stereocenters. The van der Waals surface area contributed by atoms with Gasteiger partial charge in [-0.15, -0.1) is 0 Å². The van der Waals surface area contributed by atoms with Crippen LogP contribution in [-0.4, -0.2) is 16.8 Å². The standard InChI is InChI=1S/C12H11NO5S2/c14-19(15,12-9-5-2-6-10-12)13-20(16,17)18-11-7-3-1-4-8-11/h1-10,13H. The van der Waals surface area contributed by atoms with E-state index in [-0.39, 0.29) is 10.6 Å². The van der Waals surface area contributed by atoms with Crippen molar-refractivity contribution in [2.75, 3.05) is 0 Å². The van der Waals surface area contributed by atoms with Gasteiger partial charge in [0.25, 0.3) is 10.0 Å². The third kappa shape index (κ3) is 3.80. The molecule has 2 rings (SSSR count). The molecule has 2 aromatic carbocycles. The lowest BCUT2D eigenvalue weighted by Crippen LogP contribution is -2.34. The highest BCUT2D eigenvalue weighted by molar-refractivity contribution is 8.02. The van der Waals surface area contributed by atoms with Gasteiger partial charge in [0.15, 0.2) is 0 Å². The van der Waals surface area contributed by atoms with Gasteiger partial charge in [0.2, 0.25) is 0 Å². The van der Waals surface area contributed by atoms with E-state index in [0.717, 1.165) is 0 Å². The lowest BCUT2D eigenvalue weighted by Gasteiger charge is -2.08. The number of hydrogen-bond donors (Lipinski definition) is 1. The molecule has 106 valence electrons.